The van der Waals surface area contributed by atoms with Crippen molar-refractivity contribution in [3.8, 4) is 11.5 Å². The van der Waals surface area contributed by atoms with Crippen LogP contribution in [-0.2, 0) is 16.1 Å². The summed E-state index contributed by atoms with van der Waals surface area (Å²) in [6.07, 6.45) is 2.22. The molecule has 2 aliphatic rings. The van der Waals surface area contributed by atoms with Gasteiger partial charge in [0.2, 0.25) is 5.91 Å². The van der Waals surface area contributed by atoms with Gasteiger partial charge in [0.25, 0.3) is 5.91 Å². The minimum atomic E-state index is -0.0793. The van der Waals surface area contributed by atoms with Crippen LogP contribution in [0.1, 0.15) is 35.2 Å². The number of methoxy groups -OCH3 is 2. The van der Waals surface area contributed by atoms with Crippen molar-refractivity contribution in [3.05, 3.63) is 59.7 Å². The van der Waals surface area contributed by atoms with Crippen molar-refractivity contribution in [1.29, 1.82) is 0 Å². The average molecular weight is 533 g/mol. The normalized spacial score (nSPS) is 15.6. The van der Waals surface area contributed by atoms with Crippen LogP contribution in [0.5, 0.6) is 11.5 Å². The van der Waals surface area contributed by atoms with Gasteiger partial charge in [0.15, 0.2) is 0 Å². The van der Waals surface area contributed by atoms with Gasteiger partial charge < -0.3 is 28.9 Å². The first-order valence-electron chi connectivity index (χ1n) is 13.6. The van der Waals surface area contributed by atoms with Gasteiger partial charge in [-0.3, -0.25) is 9.59 Å². The molecule has 9 heteroatoms. The molecule has 206 valence electrons. The number of aromatic nitrogens is 1. The molecule has 2 aromatic carbocycles. The molecule has 5 rings (SSSR count). The Kier molecular flexibility index (Phi) is 8.46. The standard InChI is InChI=1S/C30H36N4O5/c1-37-25-7-3-6-23(19-25)30(36)34(13-5-12-32-11-4-8-28(32)35)21-24-18-22-9-10-26(38-2)20-27(22)31-29(24)33-14-16-39-17-15-33/h3,6-7,9-10,18-20H,4-5,8,11-17,21H2,1-2H3. The number of carbonyl (C=O) groups excluding carboxylic acids is 2. The van der Waals surface area contributed by atoms with Crippen LogP contribution in [0.4, 0.5) is 5.82 Å². The van der Waals surface area contributed by atoms with Gasteiger partial charge in [-0.25, -0.2) is 4.98 Å². The molecule has 0 bridgehead atoms. The number of amides is 2. The lowest BCUT2D eigenvalue weighted by atomic mass is 10.1. The lowest BCUT2D eigenvalue weighted by Gasteiger charge is -2.31. The molecule has 2 amide bonds. The maximum absolute atomic E-state index is 13.9. The minimum absolute atomic E-state index is 0.0793. The molecule has 3 heterocycles. The Morgan fingerprint density at radius 1 is 1.03 bits per heavy atom. The van der Waals surface area contributed by atoms with E-state index in [1.54, 1.807) is 20.3 Å². The molecule has 9 nitrogen and oxygen atoms in total. The van der Waals surface area contributed by atoms with Crippen LogP contribution in [0.3, 0.4) is 0 Å². The Morgan fingerprint density at radius 2 is 1.82 bits per heavy atom. The molecule has 0 N–H and O–H groups in total. The first-order valence-corrected chi connectivity index (χ1v) is 13.6. The van der Waals surface area contributed by atoms with Crippen LogP contribution in [0.25, 0.3) is 10.9 Å². The number of ether oxygens (including phenoxy) is 3. The Bertz CT molecular complexity index is 1320. The minimum Gasteiger partial charge on any atom is -0.497 e. The van der Waals surface area contributed by atoms with Crippen LogP contribution < -0.4 is 14.4 Å². The van der Waals surface area contributed by atoms with Gasteiger partial charge in [-0.05, 0) is 49.2 Å². The number of carbonyl (C=O) groups is 2. The summed E-state index contributed by atoms with van der Waals surface area (Å²) < 4.78 is 16.4. The van der Waals surface area contributed by atoms with Crippen LogP contribution in [0.2, 0.25) is 0 Å². The van der Waals surface area contributed by atoms with Crippen LogP contribution in [0, 0.1) is 0 Å². The van der Waals surface area contributed by atoms with Crippen LogP contribution >= 0.6 is 0 Å². The van der Waals surface area contributed by atoms with E-state index in [-0.39, 0.29) is 11.8 Å². The largest absolute Gasteiger partial charge is 0.497 e. The zero-order valence-corrected chi connectivity index (χ0v) is 22.7. The van der Waals surface area contributed by atoms with E-state index in [1.165, 1.54) is 0 Å². The third kappa shape index (κ3) is 6.25. The molecule has 0 spiro atoms. The summed E-state index contributed by atoms with van der Waals surface area (Å²) in [4.78, 5) is 37.1. The summed E-state index contributed by atoms with van der Waals surface area (Å²) in [5, 5.41) is 0.985. The lowest BCUT2D eigenvalue weighted by Crippen LogP contribution is -2.39. The molecule has 2 aliphatic heterocycles. The van der Waals surface area contributed by atoms with E-state index < -0.39 is 0 Å². The van der Waals surface area contributed by atoms with Crippen molar-refractivity contribution in [2.75, 3.05) is 65.1 Å². The second-order valence-corrected chi connectivity index (χ2v) is 9.93. The maximum Gasteiger partial charge on any atom is 0.254 e. The molecule has 2 saturated heterocycles. The fourth-order valence-corrected chi connectivity index (χ4v) is 5.26. The number of fused-ring (bicyclic) bond motifs is 1. The first kappa shape index (κ1) is 26.7. The molecule has 1 aromatic heterocycles. The predicted octanol–water partition coefficient (Wildman–Crippen LogP) is 3.74. The highest BCUT2D eigenvalue weighted by atomic mass is 16.5. The number of nitrogens with zero attached hydrogens (tertiary/aromatic N) is 4. The fraction of sp³-hybridized carbons (Fsp3) is 0.433. The fourth-order valence-electron chi connectivity index (χ4n) is 5.26. The van der Waals surface area contributed by atoms with Crippen LogP contribution in [0.15, 0.2) is 48.5 Å². The Morgan fingerprint density at radius 3 is 2.56 bits per heavy atom. The van der Waals surface area contributed by atoms with E-state index in [0.29, 0.717) is 57.0 Å². The third-order valence-corrected chi connectivity index (χ3v) is 7.38. The molecule has 0 aliphatic carbocycles. The van der Waals surface area contributed by atoms with E-state index >= 15 is 0 Å². The van der Waals surface area contributed by atoms with Crippen molar-refractivity contribution in [2.24, 2.45) is 0 Å². The molecule has 0 unspecified atom stereocenters. The van der Waals surface area contributed by atoms with Gasteiger partial charge in [0, 0.05) is 68.3 Å². The highest BCUT2D eigenvalue weighted by Crippen LogP contribution is 2.29. The molecule has 3 aromatic rings. The quantitative estimate of drug-likeness (QED) is 0.393. The lowest BCUT2D eigenvalue weighted by molar-refractivity contribution is -0.127. The molecule has 39 heavy (non-hydrogen) atoms. The van der Waals surface area contributed by atoms with E-state index in [1.807, 2.05) is 46.2 Å². The smallest absolute Gasteiger partial charge is 0.254 e. The zero-order chi connectivity index (χ0) is 27.2. The van der Waals surface area contributed by atoms with Gasteiger partial charge in [0.05, 0.1) is 33.0 Å². The zero-order valence-electron chi connectivity index (χ0n) is 22.7. The number of likely N-dealkylation sites (tertiary alicyclic amines) is 1. The topological polar surface area (TPSA) is 84.4 Å². The second kappa shape index (κ2) is 12.3. The summed E-state index contributed by atoms with van der Waals surface area (Å²) >= 11 is 0. The Labute approximate surface area is 229 Å². The monoisotopic (exact) mass is 532 g/mol. The molecule has 2 fully saturated rings. The summed E-state index contributed by atoms with van der Waals surface area (Å²) in [6.45, 7) is 5.08. The summed E-state index contributed by atoms with van der Waals surface area (Å²) in [7, 11) is 3.25. The number of hydrogen-bond acceptors (Lipinski definition) is 7. The third-order valence-electron chi connectivity index (χ3n) is 7.38. The molecule has 0 saturated carbocycles. The summed E-state index contributed by atoms with van der Waals surface area (Å²) in [6, 6.07) is 15.2. The number of anilines is 1. The molecule has 0 atom stereocenters. The van der Waals surface area contributed by atoms with Crippen molar-refractivity contribution < 1.29 is 23.8 Å². The van der Waals surface area contributed by atoms with Gasteiger partial charge in [0.1, 0.15) is 17.3 Å². The van der Waals surface area contributed by atoms with Gasteiger partial charge in [-0.2, -0.15) is 0 Å². The highest BCUT2D eigenvalue weighted by Gasteiger charge is 2.24. The van der Waals surface area contributed by atoms with Gasteiger partial charge in [-0.15, -0.1) is 0 Å². The number of morpholine rings is 1. The van der Waals surface area contributed by atoms with Crippen molar-refractivity contribution in [2.45, 2.75) is 25.8 Å². The van der Waals surface area contributed by atoms with E-state index in [9.17, 15) is 9.59 Å². The number of rotatable bonds is 10. The summed E-state index contributed by atoms with van der Waals surface area (Å²) in [5.74, 6) is 2.37. The maximum atomic E-state index is 13.9. The van der Waals surface area contributed by atoms with Crippen molar-refractivity contribution >= 4 is 28.5 Å². The summed E-state index contributed by atoms with van der Waals surface area (Å²) in [5.41, 5.74) is 2.39. The van der Waals surface area contributed by atoms with Gasteiger partial charge >= 0.3 is 0 Å². The van der Waals surface area contributed by atoms with Crippen LogP contribution in [-0.4, -0.2) is 86.8 Å². The first-order chi connectivity index (χ1) is 19.1. The van der Waals surface area contributed by atoms with Gasteiger partial charge in [-0.1, -0.05) is 6.07 Å². The highest BCUT2D eigenvalue weighted by molar-refractivity contribution is 5.95. The molecule has 0 radical (unpaired) electrons. The van der Waals surface area contributed by atoms with E-state index in [0.717, 1.165) is 54.1 Å². The SMILES string of the molecule is COc1cccc(C(=O)N(CCCN2CCCC2=O)Cc2cc3ccc(OC)cc3nc2N2CCOCC2)c1. The Balaban J connectivity index is 1.47. The predicted molar refractivity (Wildman–Crippen MR) is 149 cm³/mol. The Hall–Kier alpha value is -3.85. The number of pyridine rings is 1. The second-order valence-electron chi connectivity index (χ2n) is 9.93. The molecular formula is C30H36N4O5. The number of benzene rings is 2. The van der Waals surface area contributed by atoms with E-state index in [4.69, 9.17) is 19.2 Å². The average Bonchev–Trinajstić information content (AvgIpc) is 3.40. The van der Waals surface area contributed by atoms with E-state index in [2.05, 4.69) is 11.0 Å². The van der Waals surface area contributed by atoms with Crippen molar-refractivity contribution in [3.63, 3.8) is 0 Å². The number of hydrogen-bond donors (Lipinski definition) is 0. The molecular weight excluding hydrogens is 496 g/mol. The van der Waals surface area contributed by atoms with Crippen molar-refractivity contribution in [1.82, 2.24) is 14.8 Å².